The molecule has 6 nitrogen and oxygen atoms in total. The average molecular weight is 382 g/mol. The molecule has 1 aromatic carbocycles. The SMILES string of the molecule is Cc1nc(C)c(C(=O)N2Cc3nnc(CCc4ccccc4)n3[C@@H](C)C2)s1. The van der Waals surface area contributed by atoms with Crippen LogP contribution in [0, 0.1) is 13.8 Å². The Kier molecular flexibility index (Phi) is 4.78. The third kappa shape index (κ3) is 3.51. The summed E-state index contributed by atoms with van der Waals surface area (Å²) in [5.74, 6) is 1.91. The summed E-state index contributed by atoms with van der Waals surface area (Å²) in [6.07, 6.45) is 1.79. The minimum Gasteiger partial charge on any atom is -0.328 e. The minimum absolute atomic E-state index is 0.0463. The maximum absolute atomic E-state index is 12.9. The molecule has 140 valence electrons. The molecule has 0 fully saturated rings. The number of nitrogens with zero attached hydrogens (tertiary/aromatic N) is 5. The zero-order valence-electron chi connectivity index (χ0n) is 15.8. The van der Waals surface area contributed by atoms with Crippen molar-refractivity contribution in [2.75, 3.05) is 6.54 Å². The van der Waals surface area contributed by atoms with Crippen LogP contribution >= 0.6 is 11.3 Å². The largest absolute Gasteiger partial charge is 0.328 e. The van der Waals surface area contributed by atoms with Crippen LogP contribution in [-0.4, -0.2) is 37.1 Å². The van der Waals surface area contributed by atoms with E-state index in [1.165, 1.54) is 16.9 Å². The van der Waals surface area contributed by atoms with Crippen molar-refractivity contribution in [3.63, 3.8) is 0 Å². The number of benzene rings is 1. The summed E-state index contributed by atoms with van der Waals surface area (Å²) < 4.78 is 2.21. The first-order valence-corrected chi connectivity index (χ1v) is 10.0. The normalized spacial score (nSPS) is 16.4. The molecule has 1 amide bonds. The van der Waals surface area contributed by atoms with Gasteiger partial charge in [0.05, 0.1) is 23.3 Å². The number of hydrogen-bond acceptors (Lipinski definition) is 5. The molecule has 1 aliphatic heterocycles. The van der Waals surface area contributed by atoms with Gasteiger partial charge in [-0.25, -0.2) is 4.98 Å². The summed E-state index contributed by atoms with van der Waals surface area (Å²) in [4.78, 5) is 19.9. The molecule has 0 saturated carbocycles. The van der Waals surface area contributed by atoms with Gasteiger partial charge in [-0.05, 0) is 32.8 Å². The smallest absolute Gasteiger partial charge is 0.266 e. The van der Waals surface area contributed by atoms with Gasteiger partial charge >= 0.3 is 0 Å². The average Bonchev–Trinajstić information content (AvgIpc) is 3.23. The van der Waals surface area contributed by atoms with Crippen LogP contribution in [0.15, 0.2) is 30.3 Å². The molecule has 2 aromatic heterocycles. The van der Waals surface area contributed by atoms with Gasteiger partial charge in [-0.15, -0.1) is 21.5 Å². The Labute approximate surface area is 162 Å². The van der Waals surface area contributed by atoms with Crippen LogP contribution in [0.2, 0.25) is 0 Å². The maximum Gasteiger partial charge on any atom is 0.266 e. The summed E-state index contributed by atoms with van der Waals surface area (Å²) in [5.41, 5.74) is 2.11. The molecule has 7 heteroatoms. The Morgan fingerprint density at radius 2 is 1.96 bits per heavy atom. The predicted octanol–water partition coefficient (Wildman–Crippen LogP) is 3.35. The highest BCUT2D eigenvalue weighted by molar-refractivity contribution is 7.13. The second-order valence-corrected chi connectivity index (χ2v) is 8.27. The van der Waals surface area contributed by atoms with Gasteiger partial charge in [0.15, 0.2) is 5.82 Å². The van der Waals surface area contributed by atoms with Gasteiger partial charge in [0, 0.05) is 13.0 Å². The van der Waals surface area contributed by atoms with E-state index in [0.29, 0.717) is 13.1 Å². The number of aromatic nitrogens is 4. The minimum atomic E-state index is 0.0463. The van der Waals surface area contributed by atoms with Gasteiger partial charge < -0.3 is 9.47 Å². The molecular weight excluding hydrogens is 358 g/mol. The molecule has 0 aliphatic carbocycles. The molecule has 3 aromatic rings. The van der Waals surface area contributed by atoms with E-state index in [4.69, 9.17) is 0 Å². The first-order chi connectivity index (χ1) is 13.0. The highest BCUT2D eigenvalue weighted by Gasteiger charge is 2.31. The molecular formula is C20H23N5OS. The molecule has 0 N–H and O–H groups in total. The third-order valence-electron chi connectivity index (χ3n) is 4.96. The fourth-order valence-corrected chi connectivity index (χ4v) is 4.60. The summed E-state index contributed by atoms with van der Waals surface area (Å²) in [5, 5.41) is 9.72. The van der Waals surface area contributed by atoms with Gasteiger partial charge in [-0.2, -0.15) is 0 Å². The van der Waals surface area contributed by atoms with Crippen molar-refractivity contribution >= 4 is 17.2 Å². The van der Waals surface area contributed by atoms with Crippen LogP contribution in [0.1, 0.15) is 50.6 Å². The van der Waals surface area contributed by atoms with Crippen molar-refractivity contribution in [2.45, 2.75) is 46.2 Å². The number of thiazole rings is 1. The molecule has 0 unspecified atom stereocenters. The molecule has 1 atom stereocenters. The molecule has 0 radical (unpaired) electrons. The van der Waals surface area contributed by atoms with Crippen molar-refractivity contribution in [3.8, 4) is 0 Å². The standard InChI is InChI=1S/C20H23N5OS/c1-13-11-24(20(26)19-14(2)21-15(3)27-19)12-18-23-22-17(25(13)18)10-9-16-7-5-4-6-8-16/h4-8,13H,9-12H2,1-3H3/t13-/m0/s1. The highest BCUT2D eigenvalue weighted by atomic mass is 32.1. The van der Waals surface area contributed by atoms with E-state index in [1.54, 1.807) is 0 Å². The Morgan fingerprint density at radius 3 is 2.67 bits per heavy atom. The quantitative estimate of drug-likeness (QED) is 0.695. The lowest BCUT2D eigenvalue weighted by molar-refractivity contribution is 0.0683. The van der Waals surface area contributed by atoms with Crippen molar-refractivity contribution in [3.05, 3.63) is 63.1 Å². The molecule has 3 heterocycles. The van der Waals surface area contributed by atoms with E-state index in [1.807, 2.05) is 24.8 Å². The molecule has 4 rings (SSSR count). The fraction of sp³-hybridized carbons (Fsp3) is 0.400. The van der Waals surface area contributed by atoms with Crippen LogP contribution in [-0.2, 0) is 19.4 Å². The van der Waals surface area contributed by atoms with E-state index < -0.39 is 0 Å². The zero-order valence-corrected chi connectivity index (χ0v) is 16.7. The number of hydrogen-bond donors (Lipinski definition) is 0. The Hall–Kier alpha value is -2.54. The summed E-state index contributed by atoms with van der Waals surface area (Å²) in [6, 6.07) is 10.6. The molecule has 0 spiro atoms. The number of fused-ring (bicyclic) bond motifs is 1. The Morgan fingerprint density at radius 1 is 1.19 bits per heavy atom. The molecule has 1 aliphatic rings. The van der Waals surface area contributed by atoms with Crippen LogP contribution in [0.25, 0.3) is 0 Å². The highest BCUT2D eigenvalue weighted by Crippen LogP contribution is 2.26. The predicted molar refractivity (Wildman–Crippen MR) is 105 cm³/mol. The number of carbonyl (C=O) groups is 1. The van der Waals surface area contributed by atoms with E-state index in [2.05, 4.69) is 50.9 Å². The molecule has 27 heavy (non-hydrogen) atoms. The fourth-order valence-electron chi connectivity index (χ4n) is 3.71. The number of rotatable bonds is 4. The second kappa shape index (κ2) is 7.23. The van der Waals surface area contributed by atoms with E-state index in [-0.39, 0.29) is 11.9 Å². The van der Waals surface area contributed by atoms with Gasteiger partial charge in [0.1, 0.15) is 10.7 Å². The van der Waals surface area contributed by atoms with E-state index in [9.17, 15) is 4.79 Å². The maximum atomic E-state index is 12.9. The van der Waals surface area contributed by atoms with Crippen LogP contribution in [0.3, 0.4) is 0 Å². The van der Waals surface area contributed by atoms with Gasteiger partial charge in [-0.1, -0.05) is 30.3 Å². The lowest BCUT2D eigenvalue weighted by Crippen LogP contribution is -2.40. The first-order valence-electron chi connectivity index (χ1n) is 9.23. The number of carbonyl (C=O) groups excluding carboxylic acids is 1. The summed E-state index contributed by atoms with van der Waals surface area (Å²) in [7, 11) is 0. The number of aryl methyl sites for hydroxylation is 4. The monoisotopic (exact) mass is 381 g/mol. The lowest BCUT2D eigenvalue weighted by Gasteiger charge is -2.32. The van der Waals surface area contributed by atoms with E-state index >= 15 is 0 Å². The van der Waals surface area contributed by atoms with Crippen LogP contribution in [0.4, 0.5) is 0 Å². The van der Waals surface area contributed by atoms with Crippen LogP contribution < -0.4 is 0 Å². The van der Waals surface area contributed by atoms with Crippen molar-refractivity contribution in [1.29, 1.82) is 0 Å². The first kappa shape index (κ1) is 17.9. The lowest BCUT2D eigenvalue weighted by atomic mass is 10.1. The van der Waals surface area contributed by atoms with Crippen molar-refractivity contribution in [1.82, 2.24) is 24.6 Å². The second-order valence-electron chi connectivity index (χ2n) is 7.07. The number of amides is 1. The molecule has 0 saturated heterocycles. The Bertz CT molecular complexity index is 962. The van der Waals surface area contributed by atoms with Crippen molar-refractivity contribution < 1.29 is 4.79 Å². The van der Waals surface area contributed by atoms with Gasteiger partial charge in [0.25, 0.3) is 5.91 Å². The van der Waals surface area contributed by atoms with Gasteiger partial charge in [0.2, 0.25) is 0 Å². The Balaban J connectivity index is 1.51. The molecule has 0 bridgehead atoms. The topological polar surface area (TPSA) is 63.9 Å². The zero-order chi connectivity index (χ0) is 19.0. The summed E-state index contributed by atoms with van der Waals surface area (Å²) >= 11 is 1.46. The van der Waals surface area contributed by atoms with Crippen molar-refractivity contribution in [2.24, 2.45) is 0 Å². The van der Waals surface area contributed by atoms with E-state index in [0.717, 1.165) is 40.1 Å². The van der Waals surface area contributed by atoms with Crippen LogP contribution in [0.5, 0.6) is 0 Å². The summed E-state index contributed by atoms with van der Waals surface area (Å²) in [6.45, 7) is 7.12. The van der Waals surface area contributed by atoms with Gasteiger partial charge in [-0.3, -0.25) is 4.79 Å². The third-order valence-corrected chi connectivity index (χ3v) is 6.02.